The van der Waals surface area contributed by atoms with E-state index < -0.39 is 11.9 Å². The summed E-state index contributed by atoms with van der Waals surface area (Å²) in [5, 5.41) is 12.3. The molecule has 1 aromatic carbocycles. The molecule has 1 fully saturated rings. The van der Waals surface area contributed by atoms with Crippen LogP contribution in [0.4, 0.5) is 0 Å². The fraction of sp³-hybridized carbons (Fsp3) is 0.467. The minimum absolute atomic E-state index is 0.000833. The van der Waals surface area contributed by atoms with Crippen LogP contribution in [-0.2, 0) is 16.0 Å². The Kier molecular flexibility index (Phi) is 3.44. The Balaban J connectivity index is 1.78. The van der Waals surface area contributed by atoms with Crippen molar-refractivity contribution in [3.63, 3.8) is 0 Å². The molecule has 2 unspecified atom stereocenters. The first kappa shape index (κ1) is 13.1. The summed E-state index contributed by atoms with van der Waals surface area (Å²) in [5.74, 6) is -1.23. The standard InChI is InChI=1S/C15H18N2O3/c18-14(17-8-6-11(9-17)15(19)20)13-12-4-2-1-3-10(12)5-7-16-13/h1-4,11,13,16H,5-9H2,(H,19,20). The smallest absolute Gasteiger partial charge is 0.308 e. The van der Waals surface area contributed by atoms with Crippen LogP contribution < -0.4 is 5.32 Å². The van der Waals surface area contributed by atoms with Crippen molar-refractivity contribution in [3.05, 3.63) is 35.4 Å². The van der Waals surface area contributed by atoms with E-state index >= 15 is 0 Å². The van der Waals surface area contributed by atoms with Gasteiger partial charge in [0.2, 0.25) is 5.91 Å². The maximum atomic E-state index is 12.6. The number of rotatable bonds is 2. The van der Waals surface area contributed by atoms with Gasteiger partial charge in [0.25, 0.3) is 0 Å². The normalized spacial score (nSPS) is 25.3. The number of likely N-dealkylation sites (tertiary alicyclic amines) is 1. The molecule has 5 heteroatoms. The van der Waals surface area contributed by atoms with E-state index in [2.05, 4.69) is 11.4 Å². The van der Waals surface area contributed by atoms with Gasteiger partial charge in [-0.2, -0.15) is 0 Å². The van der Waals surface area contributed by atoms with Crippen LogP contribution in [0.1, 0.15) is 23.6 Å². The van der Waals surface area contributed by atoms with Crippen LogP contribution in [0.2, 0.25) is 0 Å². The number of carbonyl (C=O) groups excluding carboxylic acids is 1. The quantitative estimate of drug-likeness (QED) is 0.837. The summed E-state index contributed by atoms with van der Waals surface area (Å²) in [7, 11) is 0. The summed E-state index contributed by atoms with van der Waals surface area (Å²) >= 11 is 0. The monoisotopic (exact) mass is 274 g/mol. The lowest BCUT2D eigenvalue weighted by Crippen LogP contribution is -2.43. The number of benzene rings is 1. The van der Waals surface area contributed by atoms with Crippen LogP contribution in [0.5, 0.6) is 0 Å². The molecular weight excluding hydrogens is 256 g/mol. The molecule has 20 heavy (non-hydrogen) atoms. The third-order valence-corrected chi connectivity index (χ3v) is 4.21. The number of carboxylic acid groups (broad SMARTS) is 1. The number of nitrogens with one attached hydrogen (secondary N) is 1. The molecule has 3 rings (SSSR count). The highest BCUT2D eigenvalue weighted by Gasteiger charge is 2.35. The summed E-state index contributed by atoms with van der Waals surface area (Å²) in [4.78, 5) is 25.3. The number of hydrogen-bond acceptors (Lipinski definition) is 3. The van der Waals surface area contributed by atoms with E-state index in [1.54, 1.807) is 4.90 Å². The third-order valence-electron chi connectivity index (χ3n) is 4.21. The highest BCUT2D eigenvalue weighted by molar-refractivity contribution is 5.85. The lowest BCUT2D eigenvalue weighted by molar-refractivity contribution is -0.141. The van der Waals surface area contributed by atoms with Gasteiger partial charge >= 0.3 is 5.97 Å². The van der Waals surface area contributed by atoms with Crippen LogP contribution >= 0.6 is 0 Å². The van der Waals surface area contributed by atoms with E-state index in [4.69, 9.17) is 5.11 Å². The first-order chi connectivity index (χ1) is 9.66. The minimum Gasteiger partial charge on any atom is -0.481 e. The van der Waals surface area contributed by atoms with Crippen LogP contribution in [0.25, 0.3) is 0 Å². The number of carbonyl (C=O) groups is 2. The fourth-order valence-electron chi connectivity index (χ4n) is 3.07. The number of carboxylic acids is 1. The van der Waals surface area contributed by atoms with Gasteiger partial charge in [0.05, 0.1) is 5.92 Å². The molecule has 0 aromatic heterocycles. The van der Waals surface area contributed by atoms with Gasteiger partial charge < -0.3 is 15.3 Å². The molecule has 2 atom stereocenters. The molecule has 0 radical (unpaired) electrons. The van der Waals surface area contributed by atoms with Gasteiger partial charge in [0.1, 0.15) is 6.04 Å². The van der Waals surface area contributed by atoms with Gasteiger partial charge in [-0.3, -0.25) is 9.59 Å². The number of aliphatic carboxylic acids is 1. The molecule has 0 spiro atoms. The van der Waals surface area contributed by atoms with Gasteiger partial charge in [0, 0.05) is 19.6 Å². The van der Waals surface area contributed by atoms with Crippen molar-refractivity contribution in [3.8, 4) is 0 Å². The summed E-state index contributed by atoms with van der Waals surface area (Å²) in [5.41, 5.74) is 2.24. The average molecular weight is 274 g/mol. The summed E-state index contributed by atoms with van der Waals surface area (Å²) in [6.07, 6.45) is 1.48. The molecule has 1 aromatic rings. The summed E-state index contributed by atoms with van der Waals surface area (Å²) in [6, 6.07) is 7.64. The van der Waals surface area contributed by atoms with Crippen LogP contribution in [0.3, 0.4) is 0 Å². The Morgan fingerprint density at radius 1 is 1.30 bits per heavy atom. The zero-order valence-corrected chi connectivity index (χ0v) is 11.2. The maximum Gasteiger partial charge on any atom is 0.308 e. The first-order valence-corrected chi connectivity index (χ1v) is 6.99. The van der Waals surface area contributed by atoms with E-state index in [-0.39, 0.29) is 11.9 Å². The summed E-state index contributed by atoms with van der Waals surface area (Å²) in [6.45, 7) is 1.65. The highest BCUT2D eigenvalue weighted by Crippen LogP contribution is 2.27. The van der Waals surface area contributed by atoms with Crippen molar-refractivity contribution >= 4 is 11.9 Å². The van der Waals surface area contributed by atoms with Gasteiger partial charge in [-0.15, -0.1) is 0 Å². The molecule has 0 bridgehead atoms. The van der Waals surface area contributed by atoms with Crippen molar-refractivity contribution in [2.75, 3.05) is 19.6 Å². The molecule has 106 valence electrons. The van der Waals surface area contributed by atoms with Crippen LogP contribution in [0.15, 0.2) is 24.3 Å². The van der Waals surface area contributed by atoms with E-state index in [0.29, 0.717) is 19.5 Å². The van der Waals surface area contributed by atoms with E-state index in [0.717, 1.165) is 18.5 Å². The summed E-state index contributed by atoms with van der Waals surface area (Å²) < 4.78 is 0. The van der Waals surface area contributed by atoms with Crippen molar-refractivity contribution in [1.82, 2.24) is 10.2 Å². The largest absolute Gasteiger partial charge is 0.481 e. The highest BCUT2D eigenvalue weighted by atomic mass is 16.4. The molecule has 2 heterocycles. The Morgan fingerprint density at radius 2 is 2.10 bits per heavy atom. The molecule has 1 amide bonds. The van der Waals surface area contributed by atoms with Gasteiger partial charge in [-0.05, 0) is 24.0 Å². The van der Waals surface area contributed by atoms with Crippen LogP contribution in [-0.4, -0.2) is 41.5 Å². The Hall–Kier alpha value is -1.88. The van der Waals surface area contributed by atoms with Gasteiger partial charge in [0.15, 0.2) is 0 Å². The second-order valence-corrected chi connectivity index (χ2v) is 5.44. The number of amides is 1. The lowest BCUT2D eigenvalue weighted by Gasteiger charge is -2.29. The SMILES string of the molecule is O=C(O)C1CCN(C(=O)C2NCCc3ccccc32)C1. The topological polar surface area (TPSA) is 69.6 Å². The molecule has 5 nitrogen and oxygen atoms in total. The van der Waals surface area contributed by atoms with Crippen molar-refractivity contribution in [1.29, 1.82) is 0 Å². The van der Waals surface area contributed by atoms with Crippen molar-refractivity contribution in [2.24, 2.45) is 5.92 Å². The van der Waals surface area contributed by atoms with E-state index in [9.17, 15) is 9.59 Å². The molecule has 2 N–H and O–H groups in total. The fourth-order valence-corrected chi connectivity index (χ4v) is 3.07. The van der Waals surface area contributed by atoms with E-state index in [1.807, 2.05) is 18.2 Å². The predicted molar refractivity (Wildman–Crippen MR) is 73.2 cm³/mol. The molecule has 0 saturated carbocycles. The number of hydrogen-bond donors (Lipinski definition) is 2. The minimum atomic E-state index is -0.808. The molecule has 2 aliphatic rings. The predicted octanol–water partition coefficient (Wildman–Crippen LogP) is 0.806. The Labute approximate surface area is 117 Å². The third kappa shape index (κ3) is 2.29. The zero-order valence-electron chi connectivity index (χ0n) is 11.2. The second-order valence-electron chi connectivity index (χ2n) is 5.44. The Bertz CT molecular complexity index is 544. The zero-order chi connectivity index (χ0) is 14.1. The molecular formula is C15H18N2O3. The van der Waals surface area contributed by atoms with Gasteiger partial charge in [-0.1, -0.05) is 24.3 Å². The second kappa shape index (κ2) is 5.25. The molecule has 2 aliphatic heterocycles. The van der Waals surface area contributed by atoms with Gasteiger partial charge in [-0.25, -0.2) is 0 Å². The molecule has 0 aliphatic carbocycles. The van der Waals surface area contributed by atoms with Crippen molar-refractivity contribution in [2.45, 2.75) is 18.9 Å². The van der Waals surface area contributed by atoms with Crippen LogP contribution in [0, 0.1) is 5.92 Å². The van der Waals surface area contributed by atoms with Crippen molar-refractivity contribution < 1.29 is 14.7 Å². The van der Waals surface area contributed by atoms with E-state index in [1.165, 1.54) is 5.56 Å². The Morgan fingerprint density at radius 3 is 2.85 bits per heavy atom. The maximum absolute atomic E-state index is 12.6. The first-order valence-electron chi connectivity index (χ1n) is 6.99. The molecule has 1 saturated heterocycles. The number of nitrogens with zero attached hydrogens (tertiary/aromatic N) is 1. The lowest BCUT2D eigenvalue weighted by atomic mass is 9.93. The number of fused-ring (bicyclic) bond motifs is 1. The average Bonchev–Trinajstić information content (AvgIpc) is 2.96.